The van der Waals surface area contributed by atoms with Crippen LogP contribution >= 0.6 is 24.0 Å². The summed E-state index contributed by atoms with van der Waals surface area (Å²) in [4.78, 5) is 23.4. The Balaban J connectivity index is 1.87. The summed E-state index contributed by atoms with van der Waals surface area (Å²) in [7, 11) is 0. The fourth-order valence-electron chi connectivity index (χ4n) is 2.19. The van der Waals surface area contributed by atoms with Crippen molar-refractivity contribution in [2.75, 3.05) is 5.43 Å². The second kappa shape index (κ2) is 7.02. The first-order valence-electron chi connectivity index (χ1n) is 7.17. The first kappa shape index (κ1) is 17.7. The normalized spacial score (nSPS) is 15.5. The number of anilines is 1. The fraction of sp³-hybridized carbons (Fsp3) is 0. The highest BCUT2D eigenvalue weighted by Gasteiger charge is 2.33. The van der Waals surface area contributed by atoms with Gasteiger partial charge in [-0.25, -0.2) is 5.01 Å². The number of rotatable bonds is 4. The minimum atomic E-state index is -0.560. The van der Waals surface area contributed by atoms with Crippen LogP contribution in [0.4, 0.5) is 11.4 Å². The van der Waals surface area contributed by atoms with Crippen LogP contribution in [0.25, 0.3) is 6.08 Å². The number of benzene rings is 2. The van der Waals surface area contributed by atoms with Gasteiger partial charge in [-0.3, -0.25) is 20.3 Å². The zero-order valence-corrected chi connectivity index (χ0v) is 14.6. The lowest BCUT2D eigenvalue weighted by Gasteiger charge is -2.16. The summed E-state index contributed by atoms with van der Waals surface area (Å²) in [5.41, 5.74) is 3.12. The summed E-state index contributed by atoms with van der Waals surface area (Å²) in [5, 5.41) is 31.0. The molecule has 10 heteroatoms. The number of hydrogen-bond acceptors (Lipinski definition) is 8. The van der Waals surface area contributed by atoms with Crippen molar-refractivity contribution in [3.8, 4) is 11.5 Å². The number of nitro groups is 1. The van der Waals surface area contributed by atoms with Crippen molar-refractivity contribution in [3.05, 3.63) is 63.0 Å². The van der Waals surface area contributed by atoms with Crippen LogP contribution in [0.15, 0.2) is 47.4 Å². The predicted octanol–water partition coefficient (Wildman–Crippen LogP) is 3.23. The Labute approximate surface area is 156 Å². The molecule has 1 fully saturated rings. The number of hydrazine groups is 1. The molecule has 0 bridgehead atoms. The lowest BCUT2D eigenvalue weighted by molar-refractivity contribution is -0.384. The molecule has 8 nitrogen and oxygen atoms in total. The monoisotopic (exact) mass is 389 g/mol. The van der Waals surface area contributed by atoms with Gasteiger partial charge in [0.05, 0.1) is 9.83 Å². The van der Waals surface area contributed by atoms with E-state index >= 15 is 0 Å². The molecular formula is C16H11N3O5S2. The van der Waals surface area contributed by atoms with Gasteiger partial charge in [0.2, 0.25) is 0 Å². The summed E-state index contributed by atoms with van der Waals surface area (Å²) < 4.78 is 0.183. The maximum atomic E-state index is 12.6. The van der Waals surface area contributed by atoms with Crippen LogP contribution in [0.2, 0.25) is 0 Å². The maximum absolute atomic E-state index is 12.6. The average molecular weight is 389 g/mol. The molecule has 0 spiro atoms. The number of carbonyl (C=O) groups is 1. The molecule has 0 atom stereocenters. The highest BCUT2D eigenvalue weighted by molar-refractivity contribution is 8.26. The van der Waals surface area contributed by atoms with Crippen molar-refractivity contribution in [1.82, 2.24) is 5.01 Å². The molecule has 1 saturated heterocycles. The predicted molar refractivity (Wildman–Crippen MR) is 102 cm³/mol. The Kier molecular flexibility index (Phi) is 4.78. The van der Waals surface area contributed by atoms with Crippen molar-refractivity contribution in [2.24, 2.45) is 0 Å². The van der Waals surface area contributed by atoms with Gasteiger partial charge in [-0.15, -0.1) is 0 Å². The van der Waals surface area contributed by atoms with E-state index in [9.17, 15) is 25.1 Å². The number of phenols is 2. The molecule has 0 saturated carbocycles. The van der Waals surface area contributed by atoms with E-state index in [1.54, 1.807) is 6.07 Å². The van der Waals surface area contributed by atoms with Gasteiger partial charge in [0.1, 0.15) is 5.69 Å². The molecule has 26 heavy (non-hydrogen) atoms. The van der Waals surface area contributed by atoms with Gasteiger partial charge in [0.25, 0.3) is 11.6 Å². The number of amides is 1. The second-order valence-corrected chi connectivity index (χ2v) is 6.83. The minimum absolute atomic E-state index is 0.136. The number of nitrogens with zero attached hydrogens (tertiary/aromatic N) is 2. The molecule has 0 radical (unpaired) electrons. The van der Waals surface area contributed by atoms with Gasteiger partial charge >= 0.3 is 0 Å². The molecule has 1 aliphatic rings. The van der Waals surface area contributed by atoms with Gasteiger partial charge in [-0.2, -0.15) is 0 Å². The van der Waals surface area contributed by atoms with Crippen LogP contribution in [0, 0.1) is 10.1 Å². The second-order valence-electron chi connectivity index (χ2n) is 5.15. The topological polar surface area (TPSA) is 116 Å². The minimum Gasteiger partial charge on any atom is -0.504 e. The number of nitro benzene ring substituents is 1. The molecule has 3 N–H and O–H groups in total. The van der Waals surface area contributed by atoms with E-state index in [-0.39, 0.29) is 32.1 Å². The number of nitrogens with one attached hydrogen (secondary N) is 1. The summed E-state index contributed by atoms with van der Waals surface area (Å²) in [5.74, 6) is -1.06. The molecule has 1 amide bonds. The number of hydrogen-bond donors (Lipinski definition) is 3. The Morgan fingerprint density at radius 3 is 2.62 bits per heavy atom. The van der Waals surface area contributed by atoms with Crippen molar-refractivity contribution in [3.63, 3.8) is 0 Å². The molecule has 1 aliphatic heterocycles. The molecule has 2 aromatic rings. The Hall–Kier alpha value is -3.11. The van der Waals surface area contributed by atoms with Crippen molar-refractivity contribution < 1.29 is 19.9 Å². The standard InChI is InChI=1S/C16H11N3O5S2/c20-12-6-5-9(7-13(12)21)8-14-15(22)18(16(25)26-14)17-10-3-1-2-4-11(10)19(23)24/h1-8,17,20-21H/b14-8+. The van der Waals surface area contributed by atoms with Crippen LogP contribution in [0.3, 0.4) is 0 Å². The third kappa shape index (κ3) is 3.46. The van der Waals surface area contributed by atoms with E-state index < -0.39 is 10.8 Å². The number of carbonyl (C=O) groups excluding carboxylic acids is 1. The zero-order chi connectivity index (χ0) is 18.8. The van der Waals surface area contributed by atoms with E-state index in [0.29, 0.717) is 5.56 Å². The fourth-order valence-corrected chi connectivity index (χ4v) is 3.37. The molecule has 0 aliphatic carbocycles. The number of thiocarbonyl (C=S) groups is 1. The molecule has 1 heterocycles. The van der Waals surface area contributed by atoms with E-state index in [2.05, 4.69) is 5.43 Å². The van der Waals surface area contributed by atoms with Gasteiger partial charge in [0, 0.05) is 6.07 Å². The molecular weight excluding hydrogens is 378 g/mol. The van der Waals surface area contributed by atoms with Gasteiger partial charge < -0.3 is 10.2 Å². The largest absolute Gasteiger partial charge is 0.504 e. The van der Waals surface area contributed by atoms with Crippen molar-refractivity contribution in [2.45, 2.75) is 0 Å². The number of para-hydroxylation sites is 2. The number of thioether (sulfide) groups is 1. The first-order valence-corrected chi connectivity index (χ1v) is 8.39. The van der Waals surface area contributed by atoms with Crippen LogP contribution < -0.4 is 5.43 Å². The molecule has 2 aromatic carbocycles. The van der Waals surface area contributed by atoms with Gasteiger partial charge in [-0.1, -0.05) is 30.0 Å². The highest BCUT2D eigenvalue weighted by atomic mass is 32.2. The Morgan fingerprint density at radius 2 is 1.92 bits per heavy atom. The highest BCUT2D eigenvalue weighted by Crippen LogP contribution is 2.35. The third-order valence-corrected chi connectivity index (χ3v) is 4.73. The molecule has 0 unspecified atom stereocenters. The Bertz CT molecular complexity index is 961. The van der Waals surface area contributed by atoms with E-state index in [1.807, 2.05) is 0 Å². The molecule has 3 rings (SSSR count). The van der Waals surface area contributed by atoms with Crippen LogP contribution in [-0.4, -0.2) is 30.4 Å². The Morgan fingerprint density at radius 1 is 1.19 bits per heavy atom. The van der Waals surface area contributed by atoms with Crippen molar-refractivity contribution >= 4 is 51.7 Å². The summed E-state index contributed by atoms with van der Waals surface area (Å²) >= 11 is 6.18. The zero-order valence-electron chi connectivity index (χ0n) is 12.9. The third-order valence-electron chi connectivity index (χ3n) is 3.42. The first-order chi connectivity index (χ1) is 12.4. The van der Waals surface area contributed by atoms with Gasteiger partial charge in [-0.05, 0) is 42.1 Å². The number of aromatic hydroxyl groups is 2. The lowest BCUT2D eigenvalue weighted by atomic mass is 10.2. The summed E-state index contributed by atoms with van der Waals surface area (Å²) in [6.45, 7) is 0. The van der Waals surface area contributed by atoms with Crippen LogP contribution in [0.1, 0.15) is 5.56 Å². The summed E-state index contributed by atoms with van der Waals surface area (Å²) in [6.07, 6.45) is 1.50. The van der Waals surface area contributed by atoms with E-state index in [0.717, 1.165) is 16.8 Å². The smallest absolute Gasteiger partial charge is 0.294 e. The van der Waals surface area contributed by atoms with E-state index in [4.69, 9.17) is 12.2 Å². The van der Waals surface area contributed by atoms with Crippen molar-refractivity contribution in [1.29, 1.82) is 0 Å². The molecule has 0 aromatic heterocycles. The molecule has 132 valence electrons. The summed E-state index contributed by atoms with van der Waals surface area (Å²) in [6, 6.07) is 10.0. The SMILES string of the molecule is O=C1/C(=C\c2ccc(O)c(O)c2)SC(=S)N1Nc1ccccc1[N+](=O)[O-]. The van der Waals surface area contributed by atoms with Crippen LogP contribution in [0.5, 0.6) is 11.5 Å². The average Bonchev–Trinajstić information content (AvgIpc) is 2.86. The maximum Gasteiger partial charge on any atom is 0.294 e. The number of phenolic OH excluding ortho intramolecular Hbond substituents is 2. The quantitative estimate of drug-likeness (QED) is 0.240. The lowest BCUT2D eigenvalue weighted by Crippen LogP contribution is -2.34. The van der Waals surface area contributed by atoms with E-state index in [1.165, 1.54) is 42.5 Å². The van der Waals surface area contributed by atoms with Crippen LogP contribution in [-0.2, 0) is 4.79 Å². The van der Waals surface area contributed by atoms with Gasteiger partial charge in [0.15, 0.2) is 15.8 Å².